The molecular formula is C20H21FN4O2. The third-order valence-electron chi connectivity index (χ3n) is 5.46. The number of amides is 2. The Morgan fingerprint density at radius 1 is 1.07 bits per heavy atom. The van der Waals surface area contributed by atoms with E-state index in [1.54, 1.807) is 24.4 Å². The van der Waals surface area contributed by atoms with Crippen molar-refractivity contribution in [3.8, 4) is 0 Å². The second kappa shape index (κ2) is 6.64. The van der Waals surface area contributed by atoms with Crippen LogP contribution in [0, 0.1) is 5.82 Å². The van der Waals surface area contributed by atoms with Crippen molar-refractivity contribution in [3.05, 3.63) is 59.5 Å². The molecule has 0 atom stereocenters. The molecule has 2 fully saturated rings. The quantitative estimate of drug-likeness (QED) is 0.891. The number of piperazine rings is 1. The van der Waals surface area contributed by atoms with E-state index in [0.717, 1.165) is 18.4 Å². The van der Waals surface area contributed by atoms with E-state index in [9.17, 15) is 14.0 Å². The summed E-state index contributed by atoms with van der Waals surface area (Å²) in [6.45, 7) is 2.21. The molecule has 1 aliphatic carbocycles. The molecule has 140 valence electrons. The lowest BCUT2D eigenvalue weighted by Crippen LogP contribution is -2.52. The van der Waals surface area contributed by atoms with Gasteiger partial charge in [0.25, 0.3) is 5.91 Å². The molecule has 1 saturated carbocycles. The Hall–Kier alpha value is -2.96. The minimum absolute atomic E-state index is 0.0592. The van der Waals surface area contributed by atoms with Crippen molar-refractivity contribution in [2.45, 2.75) is 18.3 Å². The van der Waals surface area contributed by atoms with Crippen LogP contribution in [0.15, 0.2) is 42.6 Å². The minimum Gasteiger partial charge on any atom is -0.365 e. The molecule has 1 saturated heterocycles. The highest BCUT2D eigenvalue weighted by Gasteiger charge is 2.53. The second-order valence-electron chi connectivity index (χ2n) is 7.11. The number of pyridine rings is 1. The van der Waals surface area contributed by atoms with Crippen LogP contribution >= 0.6 is 0 Å². The van der Waals surface area contributed by atoms with Gasteiger partial charge >= 0.3 is 0 Å². The fourth-order valence-electron chi connectivity index (χ4n) is 3.80. The smallest absolute Gasteiger partial charge is 0.252 e. The first-order valence-electron chi connectivity index (χ1n) is 9.06. The van der Waals surface area contributed by atoms with Gasteiger partial charge in [0.2, 0.25) is 5.91 Å². The van der Waals surface area contributed by atoms with Crippen molar-refractivity contribution in [3.63, 3.8) is 0 Å². The maximum atomic E-state index is 13.6. The molecule has 2 amide bonds. The third kappa shape index (κ3) is 3.13. The molecule has 2 heterocycles. The lowest BCUT2D eigenvalue weighted by atomic mass is 9.94. The summed E-state index contributed by atoms with van der Waals surface area (Å²) in [4.78, 5) is 32.8. The summed E-state index contributed by atoms with van der Waals surface area (Å²) in [7, 11) is 0. The number of halogens is 1. The molecule has 1 aromatic heterocycles. The fraction of sp³-hybridized carbons (Fsp3) is 0.350. The number of anilines is 1. The summed E-state index contributed by atoms with van der Waals surface area (Å²) in [5.41, 5.74) is 6.01. The highest BCUT2D eigenvalue weighted by atomic mass is 19.1. The molecule has 6 nitrogen and oxygen atoms in total. The zero-order valence-corrected chi connectivity index (χ0v) is 14.9. The summed E-state index contributed by atoms with van der Waals surface area (Å²) < 4.78 is 13.6. The minimum atomic E-state index is -0.576. The van der Waals surface area contributed by atoms with E-state index in [1.165, 1.54) is 12.1 Å². The van der Waals surface area contributed by atoms with Crippen molar-refractivity contribution < 1.29 is 14.0 Å². The predicted molar refractivity (Wildman–Crippen MR) is 98.9 cm³/mol. The normalized spacial score (nSPS) is 18.3. The predicted octanol–water partition coefficient (Wildman–Crippen LogP) is 1.70. The van der Waals surface area contributed by atoms with Crippen LogP contribution in [-0.2, 0) is 10.2 Å². The summed E-state index contributed by atoms with van der Waals surface area (Å²) in [6.07, 6.45) is 3.13. The van der Waals surface area contributed by atoms with Crippen molar-refractivity contribution in [1.82, 2.24) is 9.88 Å². The van der Waals surface area contributed by atoms with E-state index in [1.807, 2.05) is 15.9 Å². The summed E-state index contributed by atoms with van der Waals surface area (Å²) in [6, 6.07) is 9.68. The number of rotatable bonds is 4. The number of benzene rings is 1. The van der Waals surface area contributed by atoms with E-state index in [2.05, 4.69) is 4.98 Å². The Morgan fingerprint density at radius 2 is 1.81 bits per heavy atom. The van der Waals surface area contributed by atoms with Crippen LogP contribution in [-0.4, -0.2) is 47.9 Å². The van der Waals surface area contributed by atoms with Gasteiger partial charge in [0, 0.05) is 32.4 Å². The van der Waals surface area contributed by atoms with E-state index in [4.69, 9.17) is 5.73 Å². The van der Waals surface area contributed by atoms with Gasteiger partial charge in [-0.25, -0.2) is 9.37 Å². The van der Waals surface area contributed by atoms with Crippen LogP contribution in [0.5, 0.6) is 0 Å². The van der Waals surface area contributed by atoms with Crippen molar-refractivity contribution in [1.29, 1.82) is 0 Å². The Balaban J connectivity index is 1.47. The van der Waals surface area contributed by atoms with Crippen molar-refractivity contribution in [2.75, 3.05) is 31.1 Å². The largest absolute Gasteiger partial charge is 0.365 e. The lowest BCUT2D eigenvalue weighted by Gasteiger charge is -2.37. The van der Waals surface area contributed by atoms with Crippen LogP contribution in [0.1, 0.15) is 28.8 Å². The molecule has 0 unspecified atom stereocenters. The first-order chi connectivity index (χ1) is 13.0. The van der Waals surface area contributed by atoms with Crippen LogP contribution in [0.3, 0.4) is 0 Å². The molecule has 27 heavy (non-hydrogen) atoms. The van der Waals surface area contributed by atoms with Crippen LogP contribution in [0.4, 0.5) is 10.2 Å². The second-order valence-corrected chi connectivity index (χ2v) is 7.11. The number of hydrogen-bond acceptors (Lipinski definition) is 4. The van der Waals surface area contributed by atoms with Gasteiger partial charge in [0.15, 0.2) is 0 Å². The Bertz CT molecular complexity index is 889. The highest BCUT2D eigenvalue weighted by molar-refractivity contribution is 5.97. The van der Waals surface area contributed by atoms with Crippen LogP contribution < -0.4 is 10.6 Å². The zero-order valence-electron chi connectivity index (χ0n) is 14.9. The molecule has 2 aliphatic rings. The molecule has 0 spiro atoms. The number of nitrogens with two attached hydrogens (primary N) is 1. The van der Waals surface area contributed by atoms with Gasteiger partial charge in [-0.05, 0) is 42.7 Å². The zero-order chi connectivity index (χ0) is 19.0. The van der Waals surface area contributed by atoms with Gasteiger partial charge < -0.3 is 15.5 Å². The number of aromatic nitrogens is 1. The van der Waals surface area contributed by atoms with Gasteiger partial charge in [-0.3, -0.25) is 9.59 Å². The van der Waals surface area contributed by atoms with E-state index >= 15 is 0 Å². The monoisotopic (exact) mass is 368 g/mol. The standard InChI is InChI=1S/C20H21FN4O2/c21-15-4-1-3-14(13-15)20(6-7-20)19(27)25-11-9-24(10-12-25)18-16(17(22)26)5-2-8-23-18/h1-5,8,13H,6-7,9-12H2,(H2,22,26). The maximum absolute atomic E-state index is 13.6. The maximum Gasteiger partial charge on any atom is 0.252 e. The van der Waals surface area contributed by atoms with Gasteiger partial charge in [0.05, 0.1) is 11.0 Å². The van der Waals surface area contributed by atoms with Gasteiger partial charge in [-0.2, -0.15) is 0 Å². The molecule has 0 bridgehead atoms. The first-order valence-corrected chi connectivity index (χ1v) is 9.06. The molecule has 1 aromatic carbocycles. The van der Waals surface area contributed by atoms with E-state index < -0.39 is 11.3 Å². The summed E-state index contributed by atoms with van der Waals surface area (Å²) in [5.74, 6) is -0.211. The number of carbonyl (C=O) groups is 2. The molecule has 2 aromatic rings. The Morgan fingerprint density at radius 3 is 2.44 bits per heavy atom. The Labute approximate surface area is 156 Å². The molecular weight excluding hydrogens is 347 g/mol. The third-order valence-corrected chi connectivity index (χ3v) is 5.46. The molecule has 1 aliphatic heterocycles. The van der Waals surface area contributed by atoms with Crippen molar-refractivity contribution >= 4 is 17.6 Å². The highest BCUT2D eigenvalue weighted by Crippen LogP contribution is 2.49. The first kappa shape index (κ1) is 17.5. The summed E-state index contributed by atoms with van der Waals surface area (Å²) >= 11 is 0. The number of carbonyl (C=O) groups excluding carboxylic acids is 2. The van der Waals surface area contributed by atoms with Crippen LogP contribution in [0.25, 0.3) is 0 Å². The van der Waals surface area contributed by atoms with Crippen molar-refractivity contribution in [2.24, 2.45) is 5.73 Å². The average Bonchev–Trinajstić information content (AvgIpc) is 3.49. The number of hydrogen-bond donors (Lipinski definition) is 1. The van der Waals surface area contributed by atoms with Gasteiger partial charge in [-0.15, -0.1) is 0 Å². The number of nitrogens with zero attached hydrogens (tertiary/aromatic N) is 3. The fourth-order valence-corrected chi connectivity index (χ4v) is 3.80. The van der Waals surface area contributed by atoms with E-state index in [0.29, 0.717) is 37.6 Å². The SMILES string of the molecule is NC(=O)c1cccnc1N1CCN(C(=O)C2(c3cccc(F)c3)CC2)CC1. The molecule has 4 rings (SSSR count). The van der Waals surface area contributed by atoms with E-state index in [-0.39, 0.29) is 11.7 Å². The molecule has 2 N–H and O–H groups in total. The Kier molecular flexibility index (Phi) is 4.30. The molecule has 7 heteroatoms. The van der Waals surface area contributed by atoms with Gasteiger partial charge in [0.1, 0.15) is 11.6 Å². The average molecular weight is 368 g/mol. The lowest BCUT2D eigenvalue weighted by molar-refractivity contribution is -0.134. The van der Waals surface area contributed by atoms with Crippen LogP contribution in [0.2, 0.25) is 0 Å². The number of primary amides is 1. The topological polar surface area (TPSA) is 79.5 Å². The summed E-state index contributed by atoms with van der Waals surface area (Å²) in [5, 5.41) is 0. The van der Waals surface area contributed by atoms with Gasteiger partial charge in [-0.1, -0.05) is 12.1 Å². The molecule has 0 radical (unpaired) electrons.